The number of Topliss-reactive ketones (excluding diaryl/α,β-unsaturated/α-hetero) is 1. The van der Waals surface area contributed by atoms with Gasteiger partial charge in [-0.3, -0.25) is 14.4 Å². The Bertz CT molecular complexity index is 442. The van der Waals surface area contributed by atoms with Gasteiger partial charge in [-0.2, -0.15) is 0 Å². The molecular weight excluding hydrogens is 344 g/mol. The first kappa shape index (κ1) is 25.4. The van der Waals surface area contributed by atoms with Gasteiger partial charge in [0.25, 0.3) is 0 Å². The third-order valence-electron chi connectivity index (χ3n) is 4.40. The molecule has 1 atom stereocenters. The van der Waals surface area contributed by atoms with Crippen LogP contribution in [0.2, 0.25) is 0 Å². The van der Waals surface area contributed by atoms with Crippen LogP contribution in [0.5, 0.6) is 0 Å². The molecule has 0 aliphatic rings. The molecule has 0 aromatic heterocycles. The molecule has 0 heterocycles. The number of esters is 1. The topological polar surface area (TPSA) is 80.7 Å². The normalized spacial score (nSPS) is 12.2. The maximum absolute atomic E-state index is 11.8. The second-order valence-corrected chi connectivity index (χ2v) is 7.25. The van der Waals surface area contributed by atoms with E-state index in [9.17, 15) is 14.4 Å². The van der Waals surface area contributed by atoms with Crippen molar-refractivity contribution in [2.24, 2.45) is 0 Å². The number of hydrogen-bond donors (Lipinski definition) is 1. The summed E-state index contributed by atoms with van der Waals surface area (Å²) >= 11 is 0. The van der Waals surface area contributed by atoms with Crippen molar-refractivity contribution >= 4 is 17.7 Å². The first-order valence-electron chi connectivity index (χ1n) is 10.5. The highest BCUT2D eigenvalue weighted by Gasteiger charge is 2.14. The van der Waals surface area contributed by atoms with Crippen LogP contribution in [0.4, 0.5) is 0 Å². The molecule has 156 valence electrons. The van der Waals surface area contributed by atoms with Crippen LogP contribution < -0.4 is 0 Å². The van der Waals surface area contributed by atoms with Gasteiger partial charge < -0.3 is 9.84 Å². The molecule has 0 radical (unpaired) electrons. The van der Waals surface area contributed by atoms with E-state index in [1.165, 1.54) is 19.8 Å². The molecule has 1 N–H and O–H groups in total. The first-order chi connectivity index (χ1) is 13.0. The Hall–Kier alpha value is -1.65. The van der Waals surface area contributed by atoms with Gasteiger partial charge in [0.2, 0.25) is 0 Å². The zero-order valence-electron chi connectivity index (χ0n) is 17.2. The SMILES string of the molecule is CCCCCCC(CC=CCCCCCCCC(=O)O)OC(=O)CC(C)=O. The molecule has 0 aromatic carbocycles. The highest BCUT2D eigenvalue weighted by Crippen LogP contribution is 2.14. The van der Waals surface area contributed by atoms with Crippen molar-refractivity contribution in [3.8, 4) is 0 Å². The van der Waals surface area contributed by atoms with E-state index in [1.807, 2.05) is 0 Å². The number of carbonyl (C=O) groups is 3. The fourth-order valence-corrected chi connectivity index (χ4v) is 2.89. The molecule has 1 unspecified atom stereocenters. The molecule has 0 saturated carbocycles. The predicted octanol–water partition coefficient (Wildman–Crippen LogP) is 5.61. The minimum absolute atomic E-state index is 0.138. The molecule has 0 saturated heterocycles. The van der Waals surface area contributed by atoms with Gasteiger partial charge in [0.1, 0.15) is 18.3 Å². The van der Waals surface area contributed by atoms with Crippen LogP contribution in [0.1, 0.15) is 104 Å². The molecule has 0 spiro atoms. The summed E-state index contributed by atoms with van der Waals surface area (Å²) in [5, 5.41) is 8.58. The van der Waals surface area contributed by atoms with Gasteiger partial charge in [0.15, 0.2) is 0 Å². The quantitative estimate of drug-likeness (QED) is 0.144. The Morgan fingerprint density at radius 1 is 0.926 bits per heavy atom. The molecule has 5 nitrogen and oxygen atoms in total. The Morgan fingerprint density at radius 3 is 2.26 bits per heavy atom. The van der Waals surface area contributed by atoms with E-state index in [0.29, 0.717) is 6.42 Å². The highest BCUT2D eigenvalue weighted by atomic mass is 16.5. The van der Waals surface area contributed by atoms with Crippen molar-refractivity contribution in [3.05, 3.63) is 12.2 Å². The second-order valence-electron chi connectivity index (χ2n) is 7.25. The number of carbonyl (C=O) groups excluding carboxylic acids is 2. The van der Waals surface area contributed by atoms with E-state index in [0.717, 1.165) is 57.8 Å². The third kappa shape index (κ3) is 18.9. The van der Waals surface area contributed by atoms with Gasteiger partial charge in [-0.05, 0) is 39.0 Å². The van der Waals surface area contributed by atoms with Crippen molar-refractivity contribution in [2.75, 3.05) is 0 Å². The molecule has 5 heteroatoms. The maximum Gasteiger partial charge on any atom is 0.313 e. The van der Waals surface area contributed by atoms with Crippen LogP contribution in [-0.2, 0) is 19.1 Å². The molecule has 0 aliphatic heterocycles. The molecule has 0 bridgehead atoms. The fraction of sp³-hybridized carbons (Fsp3) is 0.773. The maximum atomic E-state index is 11.8. The number of rotatable bonds is 18. The predicted molar refractivity (Wildman–Crippen MR) is 108 cm³/mol. The number of ketones is 1. The van der Waals surface area contributed by atoms with E-state index in [4.69, 9.17) is 9.84 Å². The van der Waals surface area contributed by atoms with E-state index < -0.39 is 11.9 Å². The monoisotopic (exact) mass is 382 g/mol. The zero-order valence-corrected chi connectivity index (χ0v) is 17.2. The van der Waals surface area contributed by atoms with E-state index >= 15 is 0 Å². The van der Waals surface area contributed by atoms with Crippen molar-refractivity contribution in [1.29, 1.82) is 0 Å². The minimum atomic E-state index is -0.716. The van der Waals surface area contributed by atoms with Crippen molar-refractivity contribution in [3.63, 3.8) is 0 Å². The Kier molecular flexibility index (Phi) is 16.7. The van der Waals surface area contributed by atoms with Crippen LogP contribution in [0, 0.1) is 0 Å². The Morgan fingerprint density at radius 2 is 1.59 bits per heavy atom. The van der Waals surface area contributed by atoms with Gasteiger partial charge in [-0.1, -0.05) is 57.6 Å². The molecule has 0 amide bonds. The Balaban J connectivity index is 3.99. The lowest BCUT2D eigenvalue weighted by Gasteiger charge is -2.16. The molecule has 0 aliphatic carbocycles. The molecule has 0 fully saturated rings. The first-order valence-corrected chi connectivity index (χ1v) is 10.5. The summed E-state index contributed by atoms with van der Waals surface area (Å²) in [6.07, 6.45) is 16.3. The van der Waals surface area contributed by atoms with Gasteiger partial charge in [-0.25, -0.2) is 0 Å². The number of hydrogen-bond acceptors (Lipinski definition) is 4. The second kappa shape index (κ2) is 17.7. The fourth-order valence-electron chi connectivity index (χ4n) is 2.89. The lowest BCUT2D eigenvalue weighted by Crippen LogP contribution is -2.19. The summed E-state index contributed by atoms with van der Waals surface area (Å²) in [5.41, 5.74) is 0. The molecular formula is C22H38O5. The minimum Gasteiger partial charge on any atom is -0.481 e. The van der Waals surface area contributed by atoms with E-state index in [2.05, 4.69) is 19.1 Å². The summed E-state index contributed by atoms with van der Waals surface area (Å²) in [6.45, 7) is 3.57. The van der Waals surface area contributed by atoms with Gasteiger partial charge in [0.05, 0.1) is 0 Å². The summed E-state index contributed by atoms with van der Waals surface area (Å²) in [6, 6.07) is 0. The zero-order chi connectivity index (χ0) is 20.3. The Labute approximate surface area is 164 Å². The van der Waals surface area contributed by atoms with Crippen molar-refractivity contribution in [1.82, 2.24) is 0 Å². The van der Waals surface area contributed by atoms with Gasteiger partial charge in [0, 0.05) is 12.8 Å². The molecule has 27 heavy (non-hydrogen) atoms. The summed E-state index contributed by atoms with van der Waals surface area (Å²) in [7, 11) is 0. The van der Waals surface area contributed by atoms with Crippen molar-refractivity contribution < 1.29 is 24.2 Å². The summed E-state index contributed by atoms with van der Waals surface area (Å²) in [5.74, 6) is -1.30. The number of ether oxygens (including phenoxy) is 1. The number of carboxylic acid groups (broad SMARTS) is 1. The number of allylic oxidation sites excluding steroid dienone is 1. The van der Waals surface area contributed by atoms with Crippen LogP contribution in [0.3, 0.4) is 0 Å². The van der Waals surface area contributed by atoms with Crippen molar-refractivity contribution in [2.45, 2.75) is 110 Å². The van der Waals surface area contributed by atoms with E-state index in [-0.39, 0.29) is 24.7 Å². The van der Waals surface area contributed by atoms with Gasteiger partial charge >= 0.3 is 11.9 Å². The van der Waals surface area contributed by atoms with Crippen LogP contribution >= 0.6 is 0 Å². The molecule has 0 rings (SSSR count). The highest BCUT2D eigenvalue weighted by molar-refractivity contribution is 5.94. The lowest BCUT2D eigenvalue weighted by atomic mass is 10.1. The average molecular weight is 383 g/mol. The number of unbranched alkanes of at least 4 members (excludes halogenated alkanes) is 8. The number of carboxylic acids is 1. The lowest BCUT2D eigenvalue weighted by molar-refractivity contribution is -0.151. The van der Waals surface area contributed by atoms with Crippen LogP contribution in [0.25, 0.3) is 0 Å². The smallest absolute Gasteiger partial charge is 0.313 e. The molecule has 0 aromatic rings. The third-order valence-corrected chi connectivity index (χ3v) is 4.40. The van der Waals surface area contributed by atoms with Crippen LogP contribution in [0.15, 0.2) is 12.2 Å². The standard InChI is InChI=1S/C22H38O5/c1-3-4-5-12-15-20(27-22(26)18-19(2)23)16-13-10-8-6-7-9-11-14-17-21(24)25/h10,13,20H,3-9,11-12,14-18H2,1-2H3,(H,24,25). The van der Waals surface area contributed by atoms with E-state index in [1.54, 1.807) is 0 Å². The summed E-state index contributed by atoms with van der Waals surface area (Å²) in [4.78, 5) is 33.2. The average Bonchev–Trinajstić information content (AvgIpc) is 2.58. The largest absolute Gasteiger partial charge is 0.481 e. The number of aliphatic carboxylic acids is 1. The van der Waals surface area contributed by atoms with Crippen LogP contribution in [-0.4, -0.2) is 28.9 Å². The summed E-state index contributed by atoms with van der Waals surface area (Å²) < 4.78 is 5.47. The van der Waals surface area contributed by atoms with Gasteiger partial charge in [-0.15, -0.1) is 0 Å².